The molecule has 7 nitrogen and oxygen atoms in total. The van der Waals surface area contributed by atoms with E-state index in [9.17, 15) is 28.1 Å². The molecule has 0 amide bonds. The molecule has 0 bridgehead atoms. The molecule has 0 atom stereocenters. The molecule has 4 aromatic rings. The zero-order chi connectivity index (χ0) is 20.1. The highest BCUT2D eigenvalue weighted by Gasteiger charge is 2.34. The van der Waals surface area contributed by atoms with Crippen LogP contribution in [-0.4, -0.2) is 19.9 Å². The van der Waals surface area contributed by atoms with Gasteiger partial charge in [0.2, 0.25) is 0 Å². The molecule has 12 heteroatoms. The number of rotatable bonds is 3. The Morgan fingerprint density at radius 1 is 1.14 bits per heavy atom. The predicted molar refractivity (Wildman–Crippen MR) is 98.4 cm³/mol. The van der Waals surface area contributed by atoms with Crippen LogP contribution in [0.1, 0.15) is 5.69 Å². The summed E-state index contributed by atoms with van der Waals surface area (Å²) in [6.45, 7) is 0. The normalized spacial score (nSPS) is 11.8. The van der Waals surface area contributed by atoms with Gasteiger partial charge in [-0.15, -0.1) is 22.7 Å². The standard InChI is InChI=1S/C16H7F3N4O3S2/c17-16(18,19)11-6-27-15(20-11)12-21-13(24)9-5-10(28-14(9)22-12)7-1-3-8(4-2-7)23(25)26/h1-6H,(H,21,22,24). The van der Waals surface area contributed by atoms with Crippen molar-refractivity contribution in [3.05, 3.63) is 61.9 Å². The van der Waals surface area contributed by atoms with E-state index in [0.717, 1.165) is 28.1 Å². The molecule has 0 spiro atoms. The summed E-state index contributed by atoms with van der Waals surface area (Å²) in [5, 5.41) is 11.8. The van der Waals surface area contributed by atoms with E-state index in [0.29, 0.717) is 15.3 Å². The molecule has 1 aromatic carbocycles. The van der Waals surface area contributed by atoms with Crippen molar-refractivity contribution in [2.75, 3.05) is 0 Å². The average Bonchev–Trinajstić information content (AvgIpc) is 3.29. The van der Waals surface area contributed by atoms with E-state index in [2.05, 4.69) is 15.0 Å². The van der Waals surface area contributed by atoms with E-state index in [1.54, 1.807) is 18.2 Å². The van der Waals surface area contributed by atoms with Crippen molar-refractivity contribution in [3.8, 4) is 21.3 Å². The topological polar surface area (TPSA) is 102 Å². The third-order valence-electron chi connectivity index (χ3n) is 3.76. The maximum absolute atomic E-state index is 12.7. The summed E-state index contributed by atoms with van der Waals surface area (Å²) in [4.78, 5) is 33.7. The number of hydrogen-bond acceptors (Lipinski definition) is 7. The number of hydrogen-bond donors (Lipinski definition) is 1. The first-order valence-corrected chi connectivity index (χ1v) is 9.24. The number of aromatic nitrogens is 3. The van der Waals surface area contributed by atoms with Gasteiger partial charge in [-0.2, -0.15) is 13.2 Å². The molecule has 1 N–H and O–H groups in total. The van der Waals surface area contributed by atoms with Gasteiger partial charge in [-0.05, 0) is 23.8 Å². The van der Waals surface area contributed by atoms with Crippen molar-refractivity contribution in [1.29, 1.82) is 0 Å². The van der Waals surface area contributed by atoms with E-state index in [1.807, 2.05) is 0 Å². The third kappa shape index (κ3) is 3.27. The minimum atomic E-state index is -4.58. The Morgan fingerprint density at radius 2 is 1.86 bits per heavy atom. The van der Waals surface area contributed by atoms with E-state index in [1.165, 1.54) is 12.1 Å². The number of halogens is 3. The van der Waals surface area contributed by atoms with Gasteiger partial charge in [0.15, 0.2) is 16.5 Å². The van der Waals surface area contributed by atoms with Gasteiger partial charge in [-0.25, -0.2) is 9.97 Å². The van der Waals surface area contributed by atoms with Crippen LogP contribution in [0.4, 0.5) is 18.9 Å². The quantitative estimate of drug-likeness (QED) is 0.379. The zero-order valence-corrected chi connectivity index (χ0v) is 15.1. The second-order valence-electron chi connectivity index (χ2n) is 5.58. The highest BCUT2D eigenvalue weighted by molar-refractivity contribution is 7.21. The van der Waals surface area contributed by atoms with Crippen molar-refractivity contribution in [2.45, 2.75) is 6.18 Å². The maximum atomic E-state index is 12.7. The van der Waals surface area contributed by atoms with Crippen LogP contribution in [0.5, 0.6) is 0 Å². The number of nitrogens with one attached hydrogen (secondary N) is 1. The lowest BCUT2D eigenvalue weighted by Crippen LogP contribution is -2.08. The smallest absolute Gasteiger partial charge is 0.304 e. The predicted octanol–water partition coefficient (Wildman–Crippen LogP) is 4.70. The van der Waals surface area contributed by atoms with Crippen LogP contribution in [0.25, 0.3) is 31.5 Å². The lowest BCUT2D eigenvalue weighted by atomic mass is 10.1. The Bertz CT molecular complexity index is 1260. The fraction of sp³-hybridized carbons (Fsp3) is 0.0625. The Balaban J connectivity index is 1.76. The van der Waals surface area contributed by atoms with Crippen molar-refractivity contribution in [3.63, 3.8) is 0 Å². The number of nitro groups is 1. The number of thiazole rings is 1. The van der Waals surface area contributed by atoms with Crippen LogP contribution in [-0.2, 0) is 6.18 Å². The molecule has 0 aliphatic heterocycles. The van der Waals surface area contributed by atoms with Crippen molar-refractivity contribution in [2.24, 2.45) is 0 Å². The van der Waals surface area contributed by atoms with Gasteiger partial charge in [0.25, 0.3) is 11.2 Å². The largest absolute Gasteiger partial charge is 0.434 e. The van der Waals surface area contributed by atoms with Gasteiger partial charge in [0.05, 0.1) is 10.3 Å². The Hall–Kier alpha value is -3.12. The molecule has 4 rings (SSSR count). The molecular weight excluding hydrogens is 417 g/mol. The van der Waals surface area contributed by atoms with Crippen molar-refractivity contribution >= 4 is 38.6 Å². The molecule has 142 valence electrons. The number of benzene rings is 1. The molecule has 0 saturated carbocycles. The van der Waals surface area contributed by atoms with Crippen molar-refractivity contribution < 1.29 is 18.1 Å². The van der Waals surface area contributed by atoms with Gasteiger partial charge < -0.3 is 4.98 Å². The Kier molecular flexibility index (Phi) is 4.23. The molecule has 0 saturated heterocycles. The molecule has 3 aromatic heterocycles. The second-order valence-corrected chi connectivity index (χ2v) is 7.47. The minimum absolute atomic E-state index is 0.0448. The minimum Gasteiger partial charge on any atom is -0.304 e. The van der Waals surface area contributed by atoms with Crippen LogP contribution in [0, 0.1) is 10.1 Å². The van der Waals surface area contributed by atoms with Crippen molar-refractivity contribution in [1.82, 2.24) is 15.0 Å². The summed E-state index contributed by atoms with van der Waals surface area (Å²) < 4.78 is 38.2. The molecule has 28 heavy (non-hydrogen) atoms. The second kappa shape index (κ2) is 6.49. The van der Waals surface area contributed by atoms with Crippen LogP contribution in [0.2, 0.25) is 0 Å². The molecule has 0 fully saturated rings. The first-order valence-electron chi connectivity index (χ1n) is 7.54. The highest BCUT2D eigenvalue weighted by Crippen LogP contribution is 2.35. The number of non-ortho nitro benzene ring substituents is 1. The van der Waals surface area contributed by atoms with Gasteiger partial charge >= 0.3 is 6.18 Å². The third-order valence-corrected chi connectivity index (χ3v) is 5.69. The van der Waals surface area contributed by atoms with Crippen LogP contribution in [0.3, 0.4) is 0 Å². The summed E-state index contributed by atoms with van der Waals surface area (Å²) >= 11 is 1.88. The molecule has 0 aliphatic rings. The van der Waals surface area contributed by atoms with Crippen LogP contribution >= 0.6 is 22.7 Å². The monoisotopic (exact) mass is 424 g/mol. The summed E-state index contributed by atoms with van der Waals surface area (Å²) in [7, 11) is 0. The van der Waals surface area contributed by atoms with E-state index in [-0.39, 0.29) is 21.9 Å². The molecular formula is C16H7F3N4O3S2. The number of nitrogens with zero attached hydrogens (tertiary/aromatic N) is 3. The van der Waals surface area contributed by atoms with Crippen LogP contribution < -0.4 is 5.56 Å². The number of nitro benzene ring substituents is 1. The summed E-state index contributed by atoms with van der Waals surface area (Å²) in [6, 6.07) is 7.37. The fourth-order valence-electron chi connectivity index (χ4n) is 2.44. The van der Waals surface area contributed by atoms with E-state index < -0.39 is 22.4 Å². The zero-order valence-electron chi connectivity index (χ0n) is 13.5. The average molecular weight is 424 g/mol. The molecule has 3 heterocycles. The number of aromatic amines is 1. The van der Waals surface area contributed by atoms with Gasteiger partial charge in [0, 0.05) is 22.4 Å². The number of H-pyrrole nitrogens is 1. The lowest BCUT2D eigenvalue weighted by Gasteiger charge is -2.00. The first kappa shape index (κ1) is 18.3. The van der Waals surface area contributed by atoms with Gasteiger partial charge in [-0.3, -0.25) is 14.9 Å². The number of fused-ring (bicyclic) bond motifs is 1. The lowest BCUT2D eigenvalue weighted by molar-refractivity contribution is -0.384. The van der Waals surface area contributed by atoms with E-state index >= 15 is 0 Å². The SMILES string of the molecule is O=c1[nH]c(-c2nc(C(F)(F)F)cs2)nc2sc(-c3ccc([N+](=O)[O-])cc3)cc12. The molecule has 0 aliphatic carbocycles. The molecule has 0 unspecified atom stereocenters. The highest BCUT2D eigenvalue weighted by atomic mass is 32.1. The first-order chi connectivity index (χ1) is 13.2. The summed E-state index contributed by atoms with van der Waals surface area (Å²) in [5.41, 5.74) is -0.961. The van der Waals surface area contributed by atoms with Gasteiger partial charge in [-0.1, -0.05) is 0 Å². The Morgan fingerprint density at radius 3 is 2.46 bits per heavy atom. The maximum Gasteiger partial charge on any atom is 0.434 e. The number of thiophene rings is 1. The molecule has 0 radical (unpaired) electrons. The van der Waals surface area contributed by atoms with Gasteiger partial charge in [0.1, 0.15) is 4.83 Å². The van der Waals surface area contributed by atoms with Crippen LogP contribution in [0.15, 0.2) is 40.5 Å². The summed E-state index contributed by atoms with van der Waals surface area (Å²) in [6.07, 6.45) is -4.58. The summed E-state index contributed by atoms with van der Waals surface area (Å²) in [5.74, 6) is -0.0462. The fourth-order valence-corrected chi connectivity index (χ4v) is 4.24. The number of alkyl halides is 3. The Labute approximate surface area is 161 Å². The van der Waals surface area contributed by atoms with E-state index in [4.69, 9.17) is 0 Å².